The predicted molar refractivity (Wildman–Crippen MR) is 99.6 cm³/mol. The first-order valence-corrected chi connectivity index (χ1v) is 11.3. The summed E-state index contributed by atoms with van der Waals surface area (Å²) in [5.74, 6) is 5.00. The number of esters is 1. The zero-order chi connectivity index (χ0) is 18.3. The minimum atomic E-state index is -0.132. The van der Waals surface area contributed by atoms with E-state index < -0.39 is 0 Å². The van der Waals surface area contributed by atoms with Gasteiger partial charge in [-0.15, -0.1) is 0 Å². The summed E-state index contributed by atoms with van der Waals surface area (Å²) in [6.45, 7) is 4.99. The zero-order valence-corrected chi connectivity index (χ0v) is 16.6. The third kappa shape index (κ3) is 1.58. The van der Waals surface area contributed by atoms with Crippen LogP contribution in [0.15, 0.2) is 11.1 Å². The molecule has 0 aromatic rings. The number of rotatable bonds is 0. The Bertz CT molecular complexity index is 841. The molecule has 0 amide bonds. The molecule has 0 N–H and O–H groups in total. The van der Waals surface area contributed by atoms with E-state index >= 15 is 0 Å². The van der Waals surface area contributed by atoms with Crippen LogP contribution in [0.3, 0.4) is 0 Å². The molecule has 1 saturated heterocycles. The minimum Gasteiger partial charge on any atom is -0.458 e. The lowest BCUT2D eigenvalue weighted by Crippen LogP contribution is -2.57. The summed E-state index contributed by atoms with van der Waals surface area (Å²) in [7, 11) is 0. The van der Waals surface area contributed by atoms with E-state index in [1.54, 1.807) is 11.1 Å². The highest BCUT2D eigenvalue weighted by atomic mass is 16.6. The van der Waals surface area contributed by atoms with Crippen LogP contribution < -0.4 is 0 Å². The van der Waals surface area contributed by atoms with Crippen molar-refractivity contribution in [3.05, 3.63) is 11.1 Å². The van der Waals surface area contributed by atoms with E-state index in [0.717, 1.165) is 55.3 Å². The highest BCUT2D eigenvalue weighted by Gasteiger charge is 2.80. The Morgan fingerprint density at radius 1 is 1.04 bits per heavy atom. The maximum Gasteiger partial charge on any atom is 0.306 e. The fraction of sp³-hybridized carbons (Fsp3) is 0.833. The third-order valence-electron chi connectivity index (χ3n) is 10.8. The monoisotopic (exact) mass is 366 g/mol. The van der Waals surface area contributed by atoms with Crippen LogP contribution >= 0.6 is 0 Å². The van der Waals surface area contributed by atoms with Crippen molar-refractivity contribution in [3.63, 3.8) is 0 Å². The van der Waals surface area contributed by atoms with Gasteiger partial charge in [-0.25, -0.2) is 0 Å². The number of ether oxygens (including phenoxy) is 1. The summed E-state index contributed by atoms with van der Waals surface area (Å²) in [5.41, 5.74) is 3.58. The second kappa shape index (κ2) is 4.39. The molecule has 0 bridgehead atoms. The molecular weight excluding hydrogens is 336 g/mol. The summed E-state index contributed by atoms with van der Waals surface area (Å²) >= 11 is 0. The lowest BCUT2D eigenvalue weighted by atomic mass is 9.45. The maximum absolute atomic E-state index is 12.2. The van der Waals surface area contributed by atoms with E-state index in [9.17, 15) is 9.59 Å². The maximum atomic E-state index is 12.2. The van der Waals surface area contributed by atoms with Crippen LogP contribution in [0.4, 0.5) is 0 Å². The highest BCUT2D eigenvalue weighted by Crippen LogP contribution is 2.81. The van der Waals surface area contributed by atoms with Gasteiger partial charge in [-0.3, -0.25) is 9.59 Å². The van der Waals surface area contributed by atoms with E-state index in [2.05, 4.69) is 13.8 Å². The van der Waals surface area contributed by atoms with Gasteiger partial charge in [0.25, 0.3) is 0 Å². The van der Waals surface area contributed by atoms with Crippen LogP contribution in [0.25, 0.3) is 0 Å². The molecule has 0 aromatic carbocycles. The van der Waals surface area contributed by atoms with Gasteiger partial charge in [-0.05, 0) is 73.5 Å². The van der Waals surface area contributed by atoms with E-state index in [4.69, 9.17) is 4.74 Å². The molecule has 3 nitrogen and oxygen atoms in total. The van der Waals surface area contributed by atoms with Crippen molar-refractivity contribution in [3.8, 4) is 0 Å². The molecule has 5 saturated carbocycles. The van der Waals surface area contributed by atoms with E-state index in [1.807, 2.05) is 0 Å². The van der Waals surface area contributed by atoms with Crippen molar-refractivity contribution in [1.82, 2.24) is 0 Å². The van der Waals surface area contributed by atoms with Crippen LogP contribution in [-0.2, 0) is 14.3 Å². The molecule has 3 heteroatoms. The van der Waals surface area contributed by atoms with E-state index in [1.165, 1.54) is 25.7 Å². The van der Waals surface area contributed by atoms with Crippen molar-refractivity contribution in [2.24, 2.45) is 46.3 Å². The SMILES string of the molecule is C[C@]12CCC(=O)CC1=C1C[C@@H]1[C@H]1[C@@H]3[C@@H]4C[C@@H]4[C@@]4(CCC(=O)O4)[C@@]3(C)CC[C@@H]12. The van der Waals surface area contributed by atoms with Crippen LogP contribution in [0.2, 0.25) is 0 Å². The number of hydrogen-bond donors (Lipinski definition) is 0. The normalized spacial score (nSPS) is 59.6. The fourth-order valence-electron chi connectivity index (χ4n) is 9.66. The van der Waals surface area contributed by atoms with Crippen molar-refractivity contribution in [2.75, 3.05) is 0 Å². The number of carbonyl (C=O) groups excluding carboxylic acids is 2. The topological polar surface area (TPSA) is 43.4 Å². The Morgan fingerprint density at radius 2 is 1.89 bits per heavy atom. The first kappa shape index (κ1) is 15.8. The summed E-state index contributed by atoms with van der Waals surface area (Å²) in [4.78, 5) is 24.3. The lowest BCUT2D eigenvalue weighted by molar-refractivity contribution is -0.176. The fourth-order valence-corrected chi connectivity index (χ4v) is 9.66. The molecule has 0 aromatic heterocycles. The van der Waals surface area contributed by atoms with Crippen LogP contribution in [0.1, 0.15) is 71.6 Å². The number of ketones is 1. The van der Waals surface area contributed by atoms with Crippen molar-refractivity contribution in [1.29, 1.82) is 0 Å². The molecule has 9 atom stereocenters. The Morgan fingerprint density at radius 3 is 2.67 bits per heavy atom. The number of hydrogen-bond acceptors (Lipinski definition) is 3. The molecule has 6 fully saturated rings. The van der Waals surface area contributed by atoms with Crippen LogP contribution in [-0.4, -0.2) is 17.4 Å². The van der Waals surface area contributed by atoms with Crippen molar-refractivity contribution < 1.29 is 14.3 Å². The summed E-state index contributed by atoms with van der Waals surface area (Å²) < 4.78 is 6.22. The van der Waals surface area contributed by atoms with Gasteiger partial charge in [0.05, 0.1) is 0 Å². The Balaban J connectivity index is 1.34. The lowest BCUT2D eigenvalue weighted by Gasteiger charge is -2.59. The van der Waals surface area contributed by atoms with Gasteiger partial charge >= 0.3 is 5.97 Å². The molecule has 0 radical (unpaired) electrons. The molecule has 7 rings (SSSR count). The molecule has 144 valence electrons. The van der Waals surface area contributed by atoms with Gasteiger partial charge in [0.15, 0.2) is 0 Å². The summed E-state index contributed by atoms with van der Waals surface area (Å²) in [6.07, 6.45) is 9.28. The molecule has 6 aliphatic carbocycles. The smallest absolute Gasteiger partial charge is 0.306 e. The van der Waals surface area contributed by atoms with E-state index in [0.29, 0.717) is 18.1 Å². The second-order valence-electron chi connectivity index (χ2n) is 11.5. The molecule has 0 unspecified atom stereocenters. The van der Waals surface area contributed by atoms with Gasteiger partial charge in [-0.2, -0.15) is 0 Å². The minimum absolute atomic E-state index is 0.0559. The Hall–Kier alpha value is -1.12. The predicted octanol–water partition coefficient (Wildman–Crippen LogP) is 4.45. The van der Waals surface area contributed by atoms with Gasteiger partial charge in [-0.1, -0.05) is 25.0 Å². The number of carbonyl (C=O) groups is 2. The molecule has 1 heterocycles. The third-order valence-corrected chi connectivity index (χ3v) is 10.8. The van der Waals surface area contributed by atoms with E-state index in [-0.39, 0.29) is 22.4 Å². The highest BCUT2D eigenvalue weighted by molar-refractivity contribution is 5.83. The van der Waals surface area contributed by atoms with Gasteiger partial charge in [0, 0.05) is 30.6 Å². The molecule has 7 aliphatic rings. The number of allylic oxidation sites excluding steroid dienone is 2. The Kier molecular flexibility index (Phi) is 2.56. The van der Waals surface area contributed by atoms with Crippen LogP contribution in [0, 0.1) is 46.3 Å². The van der Waals surface area contributed by atoms with Gasteiger partial charge < -0.3 is 4.74 Å². The molecule has 27 heavy (non-hydrogen) atoms. The average molecular weight is 367 g/mol. The number of Topliss-reactive ketones (excluding diaryl/α,β-unsaturated/α-hetero) is 1. The summed E-state index contributed by atoms with van der Waals surface area (Å²) in [6, 6.07) is 0. The quantitative estimate of drug-likeness (QED) is 0.470. The largest absolute Gasteiger partial charge is 0.458 e. The summed E-state index contributed by atoms with van der Waals surface area (Å²) in [5, 5.41) is 0. The first-order valence-electron chi connectivity index (χ1n) is 11.3. The van der Waals surface area contributed by atoms with Gasteiger partial charge in [0.2, 0.25) is 0 Å². The molecular formula is C24H30O3. The second-order valence-corrected chi connectivity index (χ2v) is 11.5. The zero-order valence-electron chi connectivity index (χ0n) is 16.6. The average Bonchev–Trinajstić information content (AvgIpc) is 3.53. The van der Waals surface area contributed by atoms with Crippen molar-refractivity contribution in [2.45, 2.75) is 77.2 Å². The van der Waals surface area contributed by atoms with Gasteiger partial charge in [0.1, 0.15) is 11.4 Å². The molecule has 1 spiro atoms. The molecule has 1 aliphatic heterocycles. The van der Waals surface area contributed by atoms with Crippen molar-refractivity contribution >= 4 is 11.8 Å². The standard InChI is InChI=1S/C24H30O3/c1-22-6-3-12(25)9-17(22)13-10-14(13)20-16(22)4-7-23(2)21(20)15-11-18(15)24(23)8-5-19(26)27-24/h14-16,18,20-21H,3-11H2,1-2H3/t14-,15+,16-,18-,20+,21-,22+,23-,24-/m0/s1. The first-order chi connectivity index (χ1) is 12.9. The number of fused-ring (bicyclic) bond motifs is 11. The Labute approximate surface area is 161 Å². The van der Waals surface area contributed by atoms with Crippen LogP contribution in [0.5, 0.6) is 0 Å².